The fraction of sp³-hybridized carbons (Fsp3) is 0.312. The van der Waals surface area contributed by atoms with E-state index in [-0.39, 0.29) is 24.2 Å². The molecule has 0 spiro atoms. The minimum absolute atomic E-state index is 0.000889. The molecular formula is C16H18N4O2. The summed E-state index contributed by atoms with van der Waals surface area (Å²) in [6, 6.07) is 9.46. The van der Waals surface area contributed by atoms with Crippen LogP contribution in [0.1, 0.15) is 6.42 Å². The fourth-order valence-electron chi connectivity index (χ4n) is 2.61. The standard InChI is InChI=1S/C16H18N4O2/c21-15-10-13(11-20(15)14-4-2-1-3-5-14)16(22)18-7-9-19-8-6-17-12-19/h1-6,8,12-13H,7,9-11H2,(H,18,22). The van der Waals surface area contributed by atoms with Crippen LogP contribution in [-0.4, -0.2) is 34.5 Å². The van der Waals surface area contributed by atoms with E-state index in [9.17, 15) is 9.59 Å². The summed E-state index contributed by atoms with van der Waals surface area (Å²) in [6.07, 6.45) is 5.53. The summed E-state index contributed by atoms with van der Waals surface area (Å²) < 4.78 is 1.90. The minimum atomic E-state index is -0.282. The van der Waals surface area contributed by atoms with Gasteiger partial charge in [-0.15, -0.1) is 0 Å². The highest BCUT2D eigenvalue weighted by molar-refractivity contribution is 6.00. The second-order valence-corrected chi connectivity index (χ2v) is 5.33. The maximum atomic E-state index is 12.2. The van der Waals surface area contributed by atoms with Gasteiger partial charge in [0.15, 0.2) is 0 Å². The Bertz CT molecular complexity index is 639. The molecule has 3 rings (SSSR count). The summed E-state index contributed by atoms with van der Waals surface area (Å²) in [5.74, 6) is -0.344. The van der Waals surface area contributed by atoms with Crippen LogP contribution in [-0.2, 0) is 16.1 Å². The first-order chi connectivity index (χ1) is 10.7. The van der Waals surface area contributed by atoms with Gasteiger partial charge in [-0.25, -0.2) is 4.98 Å². The summed E-state index contributed by atoms with van der Waals surface area (Å²) >= 11 is 0. The molecule has 1 atom stereocenters. The van der Waals surface area contributed by atoms with Crippen molar-refractivity contribution in [1.82, 2.24) is 14.9 Å². The predicted molar refractivity (Wildman–Crippen MR) is 82.1 cm³/mol. The SMILES string of the molecule is O=C(NCCn1ccnc1)C1CC(=O)N(c2ccccc2)C1. The lowest BCUT2D eigenvalue weighted by molar-refractivity contribution is -0.126. The van der Waals surface area contributed by atoms with Crippen molar-refractivity contribution in [3.63, 3.8) is 0 Å². The van der Waals surface area contributed by atoms with Crippen molar-refractivity contribution in [2.45, 2.75) is 13.0 Å². The monoisotopic (exact) mass is 298 g/mol. The molecule has 0 saturated carbocycles. The first-order valence-electron chi connectivity index (χ1n) is 7.33. The van der Waals surface area contributed by atoms with E-state index in [1.54, 1.807) is 17.4 Å². The summed E-state index contributed by atoms with van der Waals surface area (Å²) in [4.78, 5) is 29.9. The summed E-state index contributed by atoms with van der Waals surface area (Å²) in [5, 5.41) is 2.89. The number of amides is 2. The molecule has 2 aromatic rings. The van der Waals surface area contributed by atoms with Crippen LogP contribution in [0.4, 0.5) is 5.69 Å². The molecule has 1 aliphatic rings. The lowest BCUT2D eigenvalue weighted by Gasteiger charge is -2.16. The van der Waals surface area contributed by atoms with Gasteiger partial charge in [0.25, 0.3) is 0 Å². The number of carbonyl (C=O) groups is 2. The number of para-hydroxylation sites is 1. The Morgan fingerprint density at radius 2 is 2.14 bits per heavy atom. The van der Waals surface area contributed by atoms with Crippen molar-refractivity contribution in [1.29, 1.82) is 0 Å². The number of nitrogens with one attached hydrogen (secondary N) is 1. The lowest BCUT2D eigenvalue weighted by atomic mass is 10.1. The van der Waals surface area contributed by atoms with Crippen LogP contribution in [0.25, 0.3) is 0 Å². The maximum absolute atomic E-state index is 12.2. The van der Waals surface area contributed by atoms with Gasteiger partial charge in [-0.05, 0) is 12.1 Å². The Balaban J connectivity index is 1.53. The van der Waals surface area contributed by atoms with E-state index in [1.807, 2.05) is 41.1 Å². The van der Waals surface area contributed by atoms with Crippen molar-refractivity contribution in [2.75, 3.05) is 18.0 Å². The van der Waals surface area contributed by atoms with E-state index in [1.165, 1.54) is 0 Å². The second kappa shape index (κ2) is 6.43. The van der Waals surface area contributed by atoms with Crippen LogP contribution < -0.4 is 10.2 Å². The highest BCUT2D eigenvalue weighted by Gasteiger charge is 2.34. The molecule has 1 N–H and O–H groups in total. The summed E-state index contributed by atoms with van der Waals surface area (Å²) in [5.41, 5.74) is 0.848. The maximum Gasteiger partial charge on any atom is 0.227 e. The molecule has 1 fully saturated rings. The van der Waals surface area contributed by atoms with Gasteiger partial charge in [-0.1, -0.05) is 18.2 Å². The fourth-order valence-corrected chi connectivity index (χ4v) is 2.61. The summed E-state index contributed by atoms with van der Waals surface area (Å²) in [7, 11) is 0. The van der Waals surface area contributed by atoms with Gasteiger partial charge in [0.05, 0.1) is 12.2 Å². The van der Waals surface area contributed by atoms with Gasteiger partial charge in [0.1, 0.15) is 0 Å². The van der Waals surface area contributed by atoms with E-state index in [4.69, 9.17) is 0 Å². The predicted octanol–water partition coefficient (Wildman–Crippen LogP) is 1.05. The molecule has 1 aliphatic heterocycles. The molecule has 6 heteroatoms. The highest BCUT2D eigenvalue weighted by Crippen LogP contribution is 2.24. The van der Waals surface area contributed by atoms with Crippen LogP contribution in [0.2, 0.25) is 0 Å². The third kappa shape index (κ3) is 3.16. The Morgan fingerprint density at radius 1 is 1.32 bits per heavy atom. The normalized spacial score (nSPS) is 17.7. The zero-order valence-electron chi connectivity index (χ0n) is 12.2. The van der Waals surface area contributed by atoms with Gasteiger partial charge in [-0.3, -0.25) is 9.59 Å². The molecule has 0 radical (unpaired) electrons. The quantitative estimate of drug-likeness (QED) is 0.897. The Kier molecular flexibility index (Phi) is 4.18. The molecule has 6 nitrogen and oxygen atoms in total. The van der Waals surface area contributed by atoms with Gasteiger partial charge in [0.2, 0.25) is 11.8 Å². The first-order valence-corrected chi connectivity index (χ1v) is 7.33. The van der Waals surface area contributed by atoms with Gasteiger partial charge < -0.3 is 14.8 Å². The zero-order chi connectivity index (χ0) is 15.4. The van der Waals surface area contributed by atoms with Crippen molar-refractivity contribution >= 4 is 17.5 Å². The number of imidazole rings is 1. The Labute approximate surface area is 128 Å². The number of hydrogen-bond donors (Lipinski definition) is 1. The molecule has 1 aromatic carbocycles. The van der Waals surface area contributed by atoms with E-state index >= 15 is 0 Å². The molecule has 2 heterocycles. The van der Waals surface area contributed by atoms with Crippen molar-refractivity contribution in [2.24, 2.45) is 5.92 Å². The molecule has 114 valence electrons. The average molecular weight is 298 g/mol. The first kappa shape index (κ1) is 14.3. The molecule has 22 heavy (non-hydrogen) atoms. The van der Waals surface area contributed by atoms with Crippen LogP contribution >= 0.6 is 0 Å². The van der Waals surface area contributed by atoms with Crippen LogP contribution in [0.3, 0.4) is 0 Å². The van der Waals surface area contributed by atoms with Gasteiger partial charge >= 0.3 is 0 Å². The number of nitrogens with zero attached hydrogens (tertiary/aromatic N) is 3. The van der Waals surface area contributed by atoms with E-state index in [2.05, 4.69) is 10.3 Å². The topological polar surface area (TPSA) is 67.2 Å². The molecule has 1 aromatic heterocycles. The van der Waals surface area contributed by atoms with E-state index in [0.717, 1.165) is 5.69 Å². The second-order valence-electron chi connectivity index (χ2n) is 5.33. The van der Waals surface area contributed by atoms with Crippen molar-refractivity contribution < 1.29 is 9.59 Å². The van der Waals surface area contributed by atoms with E-state index < -0.39 is 0 Å². The number of rotatable bonds is 5. The molecule has 2 amide bonds. The largest absolute Gasteiger partial charge is 0.354 e. The molecule has 0 aliphatic carbocycles. The van der Waals surface area contributed by atoms with Crippen LogP contribution in [0.5, 0.6) is 0 Å². The molecule has 1 saturated heterocycles. The number of anilines is 1. The van der Waals surface area contributed by atoms with Crippen LogP contribution in [0, 0.1) is 5.92 Å². The van der Waals surface area contributed by atoms with Gasteiger partial charge in [0, 0.05) is 44.1 Å². The summed E-state index contributed by atoms with van der Waals surface area (Å²) in [6.45, 7) is 1.65. The third-order valence-corrected chi connectivity index (χ3v) is 3.79. The molecule has 0 bridgehead atoms. The highest BCUT2D eigenvalue weighted by atomic mass is 16.2. The smallest absolute Gasteiger partial charge is 0.227 e. The Hall–Kier alpha value is -2.63. The zero-order valence-corrected chi connectivity index (χ0v) is 12.2. The van der Waals surface area contributed by atoms with Gasteiger partial charge in [-0.2, -0.15) is 0 Å². The lowest BCUT2D eigenvalue weighted by Crippen LogP contribution is -2.34. The van der Waals surface area contributed by atoms with Crippen LogP contribution in [0.15, 0.2) is 49.1 Å². The minimum Gasteiger partial charge on any atom is -0.354 e. The number of hydrogen-bond acceptors (Lipinski definition) is 3. The number of carbonyl (C=O) groups excluding carboxylic acids is 2. The number of aromatic nitrogens is 2. The van der Waals surface area contributed by atoms with Crippen molar-refractivity contribution in [3.05, 3.63) is 49.1 Å². The van der Waals surface area contributed by atoms with Crippen molar-refractivity contribution in [3.8, 4) is 0 Å². The molecular weight excluding hydrogens is 280 g/mol. The molecule has 1 unspecified atom stereocenters. The third-order valence-electron chi connectivity index (χ3n) is 3.79. The Morgan fingerprint density at radius 3 is 2.86 bits per heavy atom. The van der Waals surface area contributed by atoms with E-state index in [0.29, 0.717) is 19.6 Å². The number of benzene rings is 1. The average Bonchev–Trinajstić information content (AvgIpc) is 3.17.